The van der Waals surface area contributed by atoms with E-state index < -0.39 is 0 Å². The van der Waals surface area contributed by atoms with Gasteiger partial charge in [0.15, 0.2) is 0 Å². The summed E-state index contributed by atoms with van der Waals surface area (Å²) in [5.41, 5.74) is -0.000337. The lowest BCUT2D eigenvalue weighted by Gasteiger charge is -2.26. The van der Waals surface area contributed by atoms with Crippen molar-refractivity contribution in [3.63, 3.8) is 0 Å². The van der Waals surface area contributed by atoms with Crippen LogP contribution in [0, 0.1) is 23.2 Å². The maximum Gasteiger partial charge on any atom is 0.223 e. The molecule has 3 rings (SSSR count). The molecule has 0 bridgehead atoms. The van der Waals surface area contributed by atoms with Crippen LogP contribution in [0.1, 0.15) is 44.9 Å². The molecule has 0 aromatic heterocycles. The Morgan fingerprint density at radius 3 is 2.41 bits per heavy atom. The Morgan fingerprint density at radius 1 is 1.18 bits per heavy atom. The zero-order valence-electron chi connectivity index (χ0n) is 10.5. The van der Waals surface area contributed by atoms with Crippen LogP contribution in [0.5, 0.6) is 0 Å². The normalized spacial score (nSPS) is 37.8. The molecule has 3 nitrogen and oxygen atoms in total. The monoisotopic (exact) mass is 237 g/mol. The predicted molar refractivity (Wildman–Crippen MR) is 65.3 cm³/mol. The number of amides is 1. The topological polar surface area (TPSA) is 49.3 Å². The highest BCUT2D eigenvalue weighted by atomic mass is 16.3. The molecule has 2 unspecified atom stereocenters. The fraction of sp³-hybridized carbons (Fsp3) is 0.929. The van der Waals surface area contributed by atoms with E-state index in [1.807, 2.05) is 0 Å². The zero-order chi connectivity index (χ0) is 11.9. The molecular weight excluding hydrogens is 214 g/mol. The van der Waals surface area contributed by atoms with E-state index in [9.17, 15) is 9.90 Å². The Labute approximate surface area is 103 Å². The van der Waals surface area contributed by atoms with Crippen molar-refractivity contribution in [1.82, 2.24) is 5.32 Å². The molecule has 3 aliphatic carbocycles. The number of hydrogen-bond acceptors (Lipinski definition) is 2. The molecule has 0 heterocycles. The molecule has 17 heavy (non-hydrogen) atoms. The first-order chi connectivity index (χ1) is 8.26. The van der Waals surface area contributed by atoms with Crippen molar-refractivity contribution >= 4 is 5.91 Å². The Hall–Kier alpha value is -0.570. The molecule has 3 fully saturated rings. The molecular formula is C14H23NO2. The van der Waals surface area contributed by atoms with Crippen LogP contribution in [0.25, 0.3) is 0 Å². The van der Waals surface area contributed by atoms with Crippen LogP contribution < -0.4 is 5.32 Å². The summed E-state index contributed by atoms with van der Waals surface area (Å²) in [5, 5.41) is 12.6. The SMILES string of the molecule is O=C(NCC1(CO)CCCC1)C1C2CCCC21. The number of rotatable bonds is 4. The van der Waals surface area contributed by atoms with Gasteiger partial charge in [-0.2, -0.15) is 0 Å². The van der Waals surface area contributed by atoms with Crippen molar-refractivity contribution in [3.05, 3.63) is 0 Å². The van der Waals surface area contributed by atoms with Gasteiger partial charge in [0.25, 0.3) is 0 Å². The van der Waals surface area contributed by atoms with E-state index in [4.69, 9.17) is 0 Å². The van der Waals surface area contributed by atoms with Gasteiger partial charge >= 0.3 is 0 Å². The summed E-state index contributed by atoms with van der Waals surface area (Å²) in [4.78, 5) is 12.0. The van der Waals surface area contributed by atoms with Crippen LogP contribution in [0.4, 0.5) is 0 Å². The van der Waals surface area contributed by atoms with E-state index in [2.05, 4.69) is 5.32 Å². The number of hydrogen-bond donors (Lipinski definition) is 2. The first kappa shape index (κ1) is 11.5. The van der Waals surface area contributed by atoms with E-state index in [1.165, 1.54) is 32.1 Å². The Balaban J connectivity index is 1.49. The van der Waals surface area contributed by atoms with Crippen LogP contribution in [-0.4, -0.2) is 24.2 Å². The minimum atomic E-state index is -0.000337. The van der Waals surface area contributed by atoms with Crippen molar-refractivity contribution in [3.8, 4) is 0 Å². The Morgan fingerprint density at radius 2 is 1.82 bits per heavy atom. The fourth-order valence-corrected chi connectivity index (χ4v) is 4.12. The van der Waals surface area contributed by atoms with Gasteiger partial charge < -0.3 is 10.4 Å². The molecule has 3 saturated carbocycles. The Kier molecular flexibility index (Phi) is 2.89. The van der Waals surface area contributed by atoms with Crippen LogP contribution >= 0.6 is 0 Å². The molecule has 0 aliphatic heterocycles. The van der Waals surface area contributed by atoms with E-state index >= 15 is 0 Å². The summed E-state index contributed by atoms with van der Waals surface area (Å²) in [6.45, 7) is 0.920. The van der Waals surface area contributed by atoms with Gasteiger partial charge in [-0.05, 0) is 37.5 Å². The van der Waals surface area contributed by atoms with Crippen molar-refractivity contribution in [2.45, 2.75) is 44.9 Å². The molecule has 0 aromatic carbocycles. The van der Waals surface area contributed by atoms with Gasteiger partial charge in [0.1, 0.15) is 0 Å². The molecule has 96 valence electrons. The van der Waals surface area contributed by atoms with Gasteiger partial charge in [0.2, 0.25) is 5.91 Å². The van der Waals surface area contributed by atoms with Crippen LogP contribution in [0.3, 0.4) is 0 Å². The smallest absolute Gasteiger partial charge is 0.223 e. The Bertz CT molecular complexity index is 299. The molecule has 3 heteroatoms. The predicted octanol–water partition coefficient (Wildman–Crippen LogP) is 1.70. The molecule has 0 spiro atoms. The second kappa shape index (κ2) is 4.27. The third-order valence-corrected chi connectivity index (χ3v) is 5.35. The first-order valence-electron chi connectivity index (χ1n) is 7.14. The highest BCUT2D eigenvalue weighted by Gasteiger charge is 2.56. The average molecular weight is 237 g/mol. The molecule has 2 atom stereocenters. The maximum absolute atomic E-state index is 12.0. The largest absolute Gasteiger partial charge is 0.396 e. The minimum absolute atomic E-state index is 0.000337. The molecule has 2 N–H and O–H groups in total. The number of nitrogens with one attached hydrogen (secondary N) is 1. The van der Waals surface area contributed by atoms with Crippen LogP contribution in [0.2, 0.25) is 0 Å². The number of aliphatic hydroxyl groups is 1. The molecule has 0 aromatic rings. The number of carbonyl (C=O) groups excluding carboxylic acids is 1. The first-order valence-corrected chi connectivity index (χ1v) is 7.14. The highest BCUT2D eigenvalue weighted by molar-refractivity contribution is 5.82. The van der Waals surface area contributed by atoms with E-state index in [-0.39, 0.29) is 17.9 Å². The minimum Gasteiger partial charge on any atom is -0.396 e. The lowest BCUT2D eigenvalue weighted by atomic mass is 9.87. The highest BCUT2D eigenvalue weighted by Crippen LogP contribution is 2.57. The van der Waals surface area contributed by atoms with Gasteiger partial charge in [-0.15, -0.1) is 0 Å². The quantitative estimate of drug-likeness (QED) is 0.782. The molecule has 3 aliphatic rings. The van der Waals surface area contributed by atoms with Crippen molar-refractivity contribution in [1.29, 1.82) is 0 Å². The summed E-state index contributed by atoms with van der Waals surface area (Å²) in [6, 6.07) is 0. The summed E-state index contributed by atoms with van der Waals surface area (Å²) >= 11 is 0. The van der Waals surface area contributed by atoms with Gasteiger partial charge in [-0.25, -0.2) is 0 Å². The standard InChI is InChI=1S/C14H23NO2/c16-9-14(6-1-2-7-14)8-15-13(17)12-10-4-3-5-11(10)12/h10-12,16H,1-9H2,(H,15,17). The van der Waals surface area contributed by atoms with Crippen molar-refractivity contribution in [2.75, 3.05) is 13.2 Å². The van der Waals surface area contributed by atoms with Crippen molar-refractivity contribution in [2.24, 2.45) is 23.2 Å². The van der Waals surface area contributed by atoms with E-state index in [0.29, 0.717) is 24.3 Å². The van der Waals surface area contributed by atoms with Crippen LogP contribution in [-0.2, 0) is 4.79 Å². The number of fused-ring (bicyclic) bond motifs is 1. The van der Waals surface area contributed by atoms with Gasteiger partial charge in [0, 0.05) is 17.9 Å². The van der Waals surface area contributed by atoms with Gasteiger partial charge in [-0.1, -0.05) is 19.3 Å². The fourth-order valence-electron chi connectivity index (χ4n) is 4.12. The third-order valence-electron chi connectivity index (χ3n) is 5.35. The van der Waals surface area contributed by atoms with Crippen LogP contribution in [0.15, 0.2) is 0 Å². The summed E-state index contributed by atoms with van der Waals surface area (Å²) in [5.74, 6) is 1.98. The second-order valence-corrected chi connectivity index (χ2v) is 6.37. The van der Waals surface area contributed by atoms with Gasteiger partial charge in [-0.3, -0.25) is 4.79 Å². The maximum atomic E-state index is 12.0. The van der Waals surface area contributed by atoms with Gasteiger partial charge in [0.05, 0.1) is 6.61 Å². The number of carbonyl (C=O) groups is 1. The lowest BCUT2D eigenvalue weighted by Crippen LogP contribution is -2.39. The molecule has 1 amide bonds. The molecule has 0 radical (unpaired) electrons. The second-order valence-electron chi connectivity index (χ2n) is 6.37. The summed E-state index contributed by atoms with van der Waals surface area (Å²) in [7, 11) is 0. The average Bonchev–Trinajstić information content (AvgIpc) is 2.78. The van der Waals surface area contributed by atoms with E-state index in [1.54, 1.807) is 0 Å². The van der Waals surface area contributed by atoms with E-state index in [0.717, 1.165) is 12.8 Å². The third kappa shape index (κ3) is 1.99. The molecule has 0 saturated heterocycles. The zero-order valence-corrected chi connectivity index (χ0v) is 10.5. The van der Waals surface area contributed by atoms with Crippen molar-refractivity contribution < 1.29 is 9.90 Å². The summed E-state index contributed by atoms with van der Waals surface area (Å²) in [6.07, 6.45) is 8.38. The number of aliphatic hydroxyl groups excluding tert-OH is 1. The summed E-state index contributed by atoms with van der Waals surface area (Å²) < 4.78 is 0. The lowest BCUT2D eigenvalue weighted by molar-refractivity contribution is -0.123.